The molecule has 0 saturated carbocycles. The molecule has 1 fully saturated rings. The van der Waals surface area contributed by atoms with Crippen LogP contribution in [0.2, 0.25) is 0 Å². The molecule has 8 heteroatoms. The van der Waals surface area contributed by atoms with E-state index in [4.69, 9.17) is 14.6 Å². The molecular weight excluding hydrogens is 308 g/mol. The van der Waals surface area contributed by atoms with Crippen LogP contribution in [0, 0.1) is 0 Å². The van der Waals surface area contributed by atoms with Crippen molar-refractivity contribution < 1.29 is 39.8 Å². The number of esters is 1. The highest BCUT2D eigenvalue weighted by molar-refractivity contribution is 5.87. The Balaban J connectivity index is 1.99. The van der Waals surface area contributed by atoms with Gasteiger partial charge in [-0.1, -0.05) is 12.1 Å². The average molecular weight is 326 g/mol. The minimum Gasteiger partial charge on any atom is -0.508 e. The fraction of sp³-hybridized carbons (Fsp3) is 0.400. The maximum Gasteiger partial charge on any atom is 0.333 e. The molecule has 1 unspecified atom stereocenters. The van der Waals surface area contributed by atoms with Crippen molar-refractivity contribution in [2.45, 2.75) is 30.7 Å². The van der Waals surface area contributed by atoms with Crippen molar-refractivity contribution >= 4 is 12.0 Å². The Labute approximate surface area is 131 Å². The van der Waals surface area contributed by atoms with Crippen molar-refractivity contribution in [1.82, 2.24) is 0 Å². The second kappa shape index (κ2) is 7.53. The minimum atomic E-state index is -1.65. The second-order valence-electron chi connectivity index (χ2n) is 5.06. The predicted molar refractivity (Wildman–Crippen MR) is 77.0 cm³/mol. The monoisotopic (exact) mass is 326 g/mol. The number of ether oxygens (including phenoxy) is 2. The minimum absolute atomic E-state index is 0.0365. The molecule has 8 nitrogen and oxygen atoms in total. The van der Waals surface area contributed by atoms with Crippen LogP contribution < -0.4 is 0 Å². The van der Waals surface area contributed by atoms with E-state index in [9.17, 15) is 25.2 Å². The van der Waals surface area contributed by atoms with E-state index in [0.29, 0.717) is 5.56 Å². The van der Waals surface area contributed by atoms with E-state index >= 15 is 0 Å². The van der Waals surface area contributed by atoms with Crippen molar-refractivity contribution in [3.8, 4) is 5.75 Å². The molecule has 1 aliphatic heterocycles. The van der Waals surface area contributed by atoms with Gasteiger partial charge in [0.2, 0.25) is 6.29 Å². The lowest BCUT2D eigenvalue weighted by Crippen LogP contribution is -2.59. The van der Waals surface area contributed by atoms with Gasteiger partial charge in [0, 0.05) is 6.08 Å². The van der Waals surface area contributed by atoms with Crippen LogP contribution in [0.5, 0.6) is 5.75 Å². The van der Waals surface area contributed by atoms with Gasteiger partial charge >= 0.3 is 5.97 Å². The average Bonchev–Trinajstić information content (AvgIpc) is 2.53. The number of phenolic OH excluding ortho intramolecular Hbond substituents is 1. The number of aliphatic hydroxyl groups excluding tert-OH is 4. The first-order valence-electron chi connectivity index (χ1n) is 6.90. The van der Waals surface area contributed by atoms with Crippen molar-refractivity contribution in [2.75, 3.05) is 6.61 Å². The Hall–Kier alpha value is -1.97. The molecule has 0 aromatic heterocycles. The van der Waals surface area contributed by atoms with Crippen LogP contribution in [-0.4, -0.2) is 68.8 Å². The van der Waals surface area contributed by atoms with E-state index in [1.165, 1.54) is 18.2 Å². The van der Waals surface area contributed by atoms with Crippen molar-refractivity contribution in [2.24, 2.45) is 0 Å². The van der Waals surface area contributed by atoms with Gasteiger partial charge in [-0.25, -0.2) is 4.79 Å². The third-order valence-corrected chi connectivity index (χ3v) is 3.36. The Morgan fingerprint density at radius 2 is 1.96 bits per heavy atom. The van der Waals surface area contributed by atoms with Gasteiger partial charge in [0.25, 0.3) is 0 Å². The Kier molecular flexibility index (Phi) is 5.69. The quantitative estimate of drug-likeness (QED) is 0.342. The summed E-state index contributed by atoms with van der Waals surface area (Å²) < 4.78 is 9.91. The lowest BCUT2D eigenvalue weighted by Gasteiger charge is -2.38. The van der Waals surface area contributed by atoms with E-state index in [-0.39, 0.29) is 5.75 Å². The van der Waals surface area contributed by atoms with E-state index in [1.54, 1.807) is 12.1 Å². The number of carbonyl (C=O) groups excluding carboxylic acids is 1. The number of aromatic hydroxyl groups is 1. The van der Waals surface area contributed by atoms with E-state index in [2.05, 4.69) is 0 Å². The summed E-state index contributed by atoms with van der Waals surface area (Å²) >= 11 is 0. The second-order valence-corrected chi connectivity index (χ2v) is 5.06. The summed E-state index contributed by atoms with van der Waals surface area (Å²) in [6, 6.07) is 6.15. The largest absolute Gasteiger partial charge is 0.508 e. The zero-order valence-electron chi connectivity index (χ0n) is 12.0. The SMILES string of the molecule is O=C(C=Cc1cccc(O)c1)OC1O[C@H](CO)[C@H](O)[C@H](O)[C@H]1O. The van der Waals surface area contributed by atoms with E-state index < -0.39 is 43.3 Å². The summed E-state index contributed by atoms with van der Waals surface area (Å²) in [5.41, 5.74) is 0.552. The summed E-state index contributed by atoms with van der Waals surface area (Å²) in [4.78, 5) is 11.7. The Bertz CT molecular complexity index is 570. The standard InChI is InChI=1S/C15H18O8/c16-7-10-12(19)13(20)14(21)15(22-10)23-11(18)5-4-8-2-1-3-9(17)6-8/h1-6,10,12-17,19-21H,7H2/t10-,12+,13+,14-,15?/m1/s1. The van der Waals surface area contributed by atoms with Gasteiger partial charge in [0.15, 0.2) is 0 Å². The number of phenols is 1. The Morgan fingerprint density at radius 1 is 1.22 bits per heavy atom. The first kappa shape index (κ1) is 17.4. The van der Waals surface area contributed by atoms with Crippen molar-refractivity contribution in [1.29, 1.82) is 0 Å². The third-order valence-electron chi connectivity index (χ3n) is 3.36. The number of benzene rings is 1. The van der Waals surface area contributed by atoms with Gasteiger partial charge in [0.1, 0.15) is 30.2 Å². The van der Waals surface area contributed by atoms with Crippen LogP contribution in [0.15, 0.2) is 30.3 Å². The summed E-state index contributed by atoms with van der Waals surface area (Å²) in [7, 11) is 0. The first-order chi connectivity index (χ1) is 10.9. The first-order valence-corrected chi connectivity index (χ1v) is 6.90. The van der Waals surface area contributed by atoms with Crippen molar-refractivity contribution in [3.05, 3.63) is 35.9 Å². The van der Waals surface area contributed by atoms with Gasteiger partial charge < -0.3 is 35.0 Å². The van der Waals surface area contributed by atoms with Crippen LogP contribution >= 0.6 is 0 Å². The fourth-order valence-electron chi connectivity index (χ4n) is 2.11. The van der Waals surface area contributed by atoms with Crippen LogP contribution in [0.25, 0.3) is 6.08 Å². The molecule has 23 heavy (non-hydrogen) atoms. The number of hydrogen-bond acceptors (Lipinski definition) is 8. The molecule has 1 saturated heterocycles. The van der Waals surface area contributed by atoms with Crippen LogP contribution in [0.3, 0.4) is 0 Å². The normalized spacial score (nSPS) is 31.2. The highest BCUT2D eigenvalue weighted by atomic mass is 16.7. The predicted octanol–water partition coefficient (Wildman–Crippen LogP) is -1.25. The lowest BCUT2D eigenvalue weighted by molar-refractivity contribution is -0.291. The van der Waals surface area contributed by atoms with Gasteiger partial charge in [-0.15, -0.1) is 0 Å². The summed E-state index contributed by atoms with van der Waals surface area (Å²) in [6.07, 6.45) is -5.02. The smallest absolute Gasteiger partial charge is 0.333 e. The molecular formula is C15H18O8. The third kappa shape index (κ3) is 4.27. The molecule has 1 aliphatic rings. The maximum atomic E-state index is 11.7. The summed E-state index contributed by atoms with van der Waals surface area (Å²) in [6.45, 7) is -0.613. The molecule has 1 aromatic carbocycles. The number of carbonyl (C=O) groups is 1. The molecule has 0 amide bonds. The zero-order valence-corrected chi connectivity index (χ0v) is 12.0. The van der Waals surface area contributed by atoms with Crippen LogP contribution in [0.1, 0.15) is 5.56 Å². The molecule has 126 valence electrons. The van der Waals surface area contributed by atoms with Gasteiger partial charge in [-0.3, -0.25) is 0 Å². The molecule has 0 aliphatic carbocycles. The maximum absolute atomic E-state index is 11.7. The number of hydrogen-bond donors (Lipinski definition) is 5. The van der Waals surface area contributed by atoms with Crippen LogP contribution in [-0.2, 0) is 14.3 Å². The Morgan fingerprint density at radius 3 is 2.61 bits per heavy atom. The molecule has 5 atom stereocenters. The molecule has 0 spiro atoms. The fourth-order valence-corrected chi connectivity index (χ4v) is 2.11. The molecule has 0 bridgehead atoms. The van der Waals surface area contributed by atoms with E-state index in [1.807, 2.05) is 0 Å². The van der Waals surface area contributed by atoms with Gasteiger partial charge in [0.05, 0.1) is 6.61 Å². The topological polar surface area (TPSA) is 137 Å². The molecule has 1 heterocycles. The number of aliphatic hydroxyl groups is 4. The molecule has 1 aromatic rings. The highest BCUT2D eigenvalue weighted by Gasteiger charge is 2.45. The molecule has 5 N–H and O–H groups in total. The van der Waals surface area contributed by atoms with Gasteiger partial charge in [-0.05, 0) is 23.8 Å². The van der Waals surface area contributed by atoms with Gasteiger partial charge in [-0.2, -0.15) is 0 Å². The summed E-state index contributed by atoms with van der Waals surface area (Å²) in [5, 5.41) is 47.3. The lowest BCUT2D eigenvalue weighted by atomic mass is 9.99. The molecule has 2 rings (SSSR count). The molecule has 0 radical (unpaired) electrons. The zero-order chi connectivity index (χ0) is 17.0. The highest BCUT2D eigenvalue weighted by Crippen LogP contribution is 2.22. The number of rotatable bonds is 4. The van der Waals surface area contributed by atoms with Crippen molar-refractivity contribution in [3.63, 3.8) is 0 Å². The van der Waals surface area contributed by atoms with E-state index in [0.717, 1.165) is 6.08 Å². The summed E-state index contributed by atoms with van der Waals surface area (Å²) in [5.74, 6) is -0.827. The van der Waals surface area contributed by atoms with Crippen LogP contribution in [0.4, 0.5) is 0 Å².